The van der Waals surface area contributed by atoms with E-state index in [4.69, 9.17) is 16.8 Å². The molecule has 3 amide bonds. The summed E-state index contributed by atoms with van der Waals surface area (Å²) >= 11 is 0. The molecule has 0 aromatic heterocycles. The van der Waals surface area contributed by atoms with E-state index in [1.165, 1.54) is 12.1 Å². The van der Waals surface area contributed by atoms with Crippen molar-refractivity contribution in [2.75, 3.05) is 0 Å². The molecule has 8 heteroatoms. The minimum Gasteiger partial charge on any atom is -0.508 e. The molecule has 0 aliphatic heterocycles. The van der Waals surface area contributed by atoms with Gasteiger partial charge in [-0.05, 0) is 17.7 Å². The van der Waals surface area contributed by atoms with Crippen LogP contribution in [0.5, 0.6) is 5.75 Å². The molecule has 1 atom stereocenters. The van der Waals surface area contributed by atoms with Crippen molar-refractivity contribution in [3.8, 4) is 5.75 Å². The molecule has 0 radical (unpaired) electrons. The van der Waals surface area contributed by atoms with E-state index in [2.05, 4.69) is 5.32 Å². The molecule has 0 saturated heterocycles. The van der Waals surface area contributed by atoms with E-state index < -0.39 is 18.0 Å². The number of hydrogen-bond donors (Lipinski definition) is 6. The first-order chi connectivity index (χ1) is 8.56. The average molecular weight is 253 g/mol. The zero-order valence-electron chi connectivity index (χ0n) is 9.51. The summed E-state index contributed by atoms with van der Waals surface area (Å²) in [6.07, 6.45) is 0.219. The molecule has 0 spiro atoms. The smallest absolute Gasteiger partial charge is 0.329 e. The van der Waals surface area contributed by atoms with Gasteiger partial charge in [0.2, 0.25) is 0 Å². The van der Waals surface area contributed by atoms with Crippen molar-refractivity contribution in [2.45, 2.75) is 12.5 Å². The molecule has 0 aliphatic rings. The maximum Gasteiger partial charge on any atom is 0.329 e. The highest BCUT2D eigenvalue weighted by Crippen LogP contribution is 2.11. The van der Waals surface area contributed by atoms with Gasteiger partial charge in [-0.25, -0.2) is 16.5 Å². The number of carbonyl (C=O) groups is 2. The molecule has 1 rings (SSSR count). The zero-order valence-corrected chi connectivity index (χ0v) is 9.51. The van der Waals surface area contributed by atoms with Crippen LogP contribution < -0.4 is 27.9 Å². The van der Waals surface area contributed by atoms with Gasteiger partial charge in [0.05, 0.1) is 0 Å². The molecule has 98 valence electrons. The first kappa shape index (κ1) is 13.7. The fourth-order valence-electron chi connectivity index (χ4n) is 1.38. The van der Waals surface area contributed by atoms with Crippen molar-refractivity contribution in [1.82, 2.24) is 16.2 Å². The molecule has 1 aromatic carbocycles. The van der Waals surface area contributed by atoms with Crippen LogP contribution in [-0.2, 0) is 11.2 Å². The summed E-state index contributed by atoms with van der Waals surface area (Å²) in [4.78, 5) is 22.5. The molecule has 0 aliphatic carbocycles. The second kappa shape index (κ2) is 6.42. The molecule has 8 N–H and O–H groups in total. The Kier molecular flexibility index (Phi) is 4.90. The van der Waals surface area contributed by atoms with Gasteiger partial charge in [0.1, 0.15) is 11.8 Å². The first-order valence-electron chi connectivity index (χ1n) is 5.12. The topological polar surface area (TPSA) is 142 Å². The highest BCUT2D eigenvalue weighted by molar-refractivity contribution is 5.86. The minimum atomic E-state index is -0.858. The predicted molar refractivity (Wildman–Crippen MR) is 63.8 cm³/mol. The molecule has 0 saturated carbocycles. The summed E-state index contributed by atoms with van der Waals surface area (Å²) in [6.45, 7) is 0. The predicted octanol–water partition coefficient (Wildman–Crippen LogP) is -1.53. The zero-order chi connectivity index (χ0) is 13.5. The van der Waals surface area contributed by atoms with E-state index in [1.807, 2.05) is 10.9 Å². The Morgan fingerprint density at radius 3 is 2.28 bits per heavy atom. The first-order valence-corrected chi connectivity index (χ1v) is 5.12. The average Bonchev–Trinajstić information content (AvgIpc) is 2.39. The molecule has 1 aromatic rings. The Bertz CT molecular complexity index is 420. The number of phenols is 1. The number of nitrogens with one attached hydrogen (secondary N) is 3. The van der Waals surface area contributed by atoms with Crippen LogP contribution in [0.15, 0.2) is 24.3 Å². The summed E-state index contributed by atoms with van der Waals surface area (Å²) in [6, 6.07) is 4.68. The van der Waals surface area contributed by atoms with Gasteiger partial charge < -0.3 is 10.4 Å². The van der Waals surface area contributed by atoms with Gasteiger partial charge in [-0.2, -0.15) is 0 Å². The van der Waals surface area contributed by atoms with Gasteiger partial charge in [0.15, 0.2) is 0 Å². The number of amides is 3. The monoisotopic (exact) mass is 253 g/mol. The lowest BCUT2D eigenvalue weighted by Gasteiger charge is -2.16. The number of phenolic OH excluding ortho intramolecular Hbond substituents is 1. The molecular weight excluding hydrogens is 238 g/mol. The number of aromatic hydroxyl groups is 1. The molecule has 0 fully saturated rings. The van der Waals surface area contributed by atoms with Crippen LogP contribution in [0.1, 0.15) is 5.56 Å². The third kappa shape index (κ3) is 3.92. The summed E-state index contributed by atoms with van der Waals surface area (Å²) in [7, 11) is 0. The van der Waals surface area contributed by atoms with Crippen molar-refractivity contribution in [3.63, 3.8) is 0 Å². The summed E-state index contributed by atoms with van der Waals surface area (Å²) in [5, 5.41) is 11.5. The van der Waals surface area contributed by atoms with Crippen LogP contribution in [0.4, 0.5) is 4.79 Å². The fourth-order valence-corrected chi connectivity index (χ4v) is 1.38. The van der Waals surface area contributed by atoms with Gasteiger partial charge >= 0.3 is 6.03 Å². The fraction of sp³-hybridized carbons (Fsp3) is 0.200. The summed E-state index contributed by atoms with van der Waals surface area (Å²) < 4.78 is 0. The second-order valence-electron chi connectivity index (χ2n) is 3.55. The SMILES string of the molecule is NNC(=O)N[C@@H](Cc1ccc(O)cc1)C(=O)NN. The Balaban J connectivity index is 2.74. The van der Waals surface area contributed by atoms with Gasteiger partial charge in [-0.3, -0.25) is 15.6 Å². The van der Waals surface area contributed by atoms with Crippen LogP contribution >= 0.6 is 0 Å². The third-order valence-electron chi connectivity index (χ3n) is 2.27. The molecular formula is C10H15N5O3. The van der Waals surface area contributed by atoms with Gasteiger partial charge in [-0.15, -0.1) is 0 Å². The number of benzene rings is 1. The van der Waals surface area contributed by atoms with E-state index in [0.29, 0.717) is 0 Å². The number of carbonyl (C=O) groups excluding carboxylic acids is 2. The van der Waals surface area contributed by atoms with Gasteiger partial charge in [-0.1, -0.05) is 12.1 Å². The number of rotatable bonds is 4. The Morgan fingerprint density at radius 2 is 1.78 bits per heavy atom. The van der Waals surface area contributed by atoms with Crippen molar-refractivity contribution in [1.29, 1.82) is 0 Å². The second-order valence-corrected chi connectivity index (χ2v) is 3.55. The van der Waals surface area contributed by atoms with Crippen molar-refractivity contribution in [3.05, 3.63) is 29.8 Å². The Labute approximate surface area is 103 Å². The van der Waals surface area contributed by atoms with Crippen LogP contribution in [0.25, 0.3) is 0 Å². The normalized spacial score (nSPS) is 11.4. The van der Waals surface area contributed by atoms with Crippen molar-refractivity contribution in [2.24, 2.45) is 11.7 Å². The lowest BCUT2D eigenvalue weighted by atomic mass is 10.1. The molecule has 0 unspecified atom stereocenters. The maximum atomic E-state index is 11.5. The van der Waals surface area contributed by atoms with Crippen LogP contribution in [0.2, 0.25) is 0 Å². The molecule has 0 bridgehead atoms. The van der Waals surface area contributed by atoms with E-state index in [1.54, 1.807) is 12.1 Å². The lowest BCUT2D eigenvalue weighted by Crippen LogP contribution is -2.53. The summed E-state index contributed by atoms with van der Waals surface area (Å²) in [5.74, 6) is 9.51. The van der Waals surface area contributed by atoms with Crippen molar-refractivity contribution >= 4 is 11.9 Å². The highest BCUT2D eigenvalue weighted by atomic mass is 16.3. The van der Waals surface area contributed by atoms with E-state index >= 15 is 0 Å². The number of urea groups is 1. The van der Waals surface area contributed by atoms with Gasteiger partial charge in [0, 0.05) is 6.42 Å². The lowest BCUT2D eigenvalue weighted by molar-refractivity contribution is -0.122. The highest BCUT2D eigenvalue weighted by Gasteiger charge is 2.19. The third-order valence-corrected chi connectivity index (χ3v) is 2.27. The van der Waals surface area contributed by atoms with Crippen molar-refractivity contribution < 1.29 is 14.7 Å². The Hall–Kier alpha value is -2.32. The Morgan fingerprint density at radius 1 is 1.17 bits per heavy atom. The quantitative estimate of drug-likeness (QED) is 0.219. The minimum absolute atomic E-state index is 0.117. The largest absolute Gasteiger partial charge is 0.508 e. The van der Waals surface area contributed by atoms with Crippen LogP contribution in [0, 0.1) is 0 Å². The van der Waals surface area contributed by atoms with E-state index in [-0.39, 0.29) is 12.2 Å². The van der Waals surface area contributed by atoms with E-state index in [9.17, 15) is 9.59 Å². The molecule has 18 heavy (non-hydrogen) atoms. The molecule has 0 heterocycles. The summed E-state index contributed by atoms with van der Waals surface area (Å²) in [5.41, 5.74) is 4.56. The van der Waals surface area contributed by atoms with E-state index in [0.717, 1.165) is 5.56 Å². The van der Waals surface area contributed by atoms with Crippen LogP contribution in [-0.4, -0.2) is 23.1 Å². The van der Waals surface area contributed by atoms with Gasteiger partial charge in [0.25, 0.3) is 5.91 Å². The van der Waals surface area contributed by atoms with Crippen LogP contribution in [0.3, 0.4) is 0 Å². The standard InChI is InChI=1S/C10H15N5O3/c11-14-9(17)8(13-10(18)15-12)5-6-1-3-7(16)4-2-6/h1-4,8,16H,5,11-12H2,(H,14,17)(H2,13,15,18)/t8-/m0/s1. The molecule has 8 nitrogen and oxygen atoms in total. The number of nitrogens with two attached hydrogens (primary N) is 2. The maximum absolute atomic E-state index is 11.5. The number of hydrazine groups is 2. The number of hydrogen-bond acceptors (Lipinski definition) is 5.